The van der Waals surface area contributed by atoms with Gasteiger partial charge in [-0.05, 0) is 78.4 Å². The van der Waals surface area contributed by atoms with Gasteiger partial charge in [0.25, 0.3) is 0 Å². The van der Waals surface area contributed by atoms with Crippen LogP contribution < -0.4 is 9.47 Å². The monoisotopic (exact) mass is 593 g/mol. The Kier molecular flexibility index (Phi) is 15.2. The van der Waals surface area contributed by atoms with Crippen LogP contribution in [0.4, 0.5) is 0 Å². The van der Waals surface area contributed by atoms with Crippen LogP contribution in [0.5, 0.6) is 11.5 Å². The molecule has 0 saturated carbocycles. The number of nitrogens with zero attached hydrogens (tertiary/aromatic N) is 3. The standard InChI is InChI=1S/C31H55N3O6Si/c1-21(2)24(17-23-13-14-27(38-9)29(18-23)39-16-12-15-37-8)19-26(33-34-32)28(20-25(22(3)4)30(35)36)40-41(10,11)31(5,6)7/h13-14,18,21-22,24-26,28H,12,15-17,19-20H2,1-11H3,(H,35,36)/t24-,25-,26-,28?/m0/s1. The van der Waals surface area contributed by atoms with Crippen LogP contribution in [-0.2, 0) is 20.4 Å². The third kappa shape index (κ3) is 11.9. The van der Waals surface area contributed by atoms with E-state index < -0.39 is 32.4 Å². The molecule has 10 heteroatoms. The number of benzene rings is 1. The van der Waals surface area contributed by atoms with Crippen molar-refractivity contribution in [1.82, 2.24) is 0 Å². The first-order chi connectivity index (χ1) is 19.1. The molecule has 0 radical (unpaired) electrons. The fourth-order valence-corrected chi connectivity index (χ4v) is 6.00. The highest BCUT2D eigenvalue weighted by molar-refractivity contribution is 6.74. The molecule has 1 aromatic carbocycles. The van der Waals surface area contributed by atoms with E-state index in [4.69, 9.17) is 18.6 Å². The van der Waals surface area contributed by atoms with Gasteiger partial charge in [0.15, 0.2) is 19.8 Å². The molecule has 0 aliphatic heterocycles. The predicted molar refractivity (Wildman–Crippen MR) is 167 cm³/mol. The molecule has 41 heavy (non-hydrogen) atoms. The molecule has 0 amide bonds. The summed E-state index contributed by atoms with van der Waals surface area (Å²) in [4.78, 5) is 15.4. The molecule has 1 unspecified atom stereocenters. The highest BCUT2D eigenvalue weighted by Gasteiger charge is 2.42. The Morgan fingerprint density at radius 2 is 1.71 bits per heavy atom. The summed E-state index contributed by atoms with van der Waals surface area (Å²) in [6.07, 6.45) is 1.91. The molecule has 0 aromatic heterocycles. The highest BCUT2D eigenvalue weighted by Crippen LogP contribution is 2.40. The summed E-state index contributed by atoms with van der Waals surface area (Å²) < 4.78 is 23.5. The van der Waals surface area contributed by atoms with Gasteiger partial charge in [0, 0.05) is 25.0 Å². The Bertz CT molecular complexity index is 989. The third-order valence-electron chi connectivity index (χ3n) is 8.45. The number of carboxylic acids is 1. The number of hydrogen-bond acceptors (Lipinski definition) is 6. The van der Waals surface area contributed by atoms with Gasteiger partial charge in [0.05, 0.1) is 31.8 Å². The zero-order valence-corrected chi connectivity index (χ0v) is 28.3. The van der Waals surface area contributed by atoms with E-state index in [0.717, 1.165) is 18.4 Å². The van der Waals surface area contributed by atoms with Crippen molar-refractivity contribution in [3.05, 3.63) is 34.2 Å². The highest BCUT2D eigenvalue weighted by atomic mass is 28.4. The van der Waals surface area contributed by atoms with Crippen molar-refractivity contribution in [3.8, 4) is 11.5 Å². The summed E-state index contributed by atoms with van der Waals surface area (Å²) in [7, 11) is 0.996. The number of ether oxygens (including phenoxy) is 3. The van der Waals surface area contributed by atoms with Crippen molar-refractivity contribution in [3.63, 3.8) is 0 Å². The van der Waals surface area contributed by atoms with E-state index in [0.29, 0.717) is 37.6 Å². The molecular weight excluding hydrogens is 538 g/mol. The lowest BCUT2D eigenvalue weighted by molar-refractivity contribution is -0.144. The van der Waals surface area contributed by atoms with E-state index in [1.807, 2.05) is 32.0 Å². The maximum absolute atomic E-state index is 12.2. The van der Waals surface area contributed by atoms with Crippen molar-refractivity contribution >= 4 is 14.3 Å². The lowest BCUT2D eigenvalue weighted by Gasteiger charge is -2.42. The number of carbonyl (C=O) groups is 1. The molecule has 234 valence electrons. The Morgan fingerprint density at radius 3 is 2.20 bits per heavy atom. The van der Waals surface area contributed by atoms with E-state index in [1.54, 1.807) is 14.2 Å². The fraction of sp³-hybridized carbons (Fsp3) is 0.774. The molecule has 0 bridgehead atoms. The van der Waals surface area contributed by atoms with Crippen molar-refractivity contribution in [2.24, 2.45) is 28.8 Å². The van der Waals surface area contributed by atoms with E-state index in [-0.39, 0.29) is 22.8 Å². The van der Waals surface area contributed by atoms with Gasteiger partial charge in [-0.25, -0.2) is 0 Å². The van der Waals surface area contributed by atoms with Crippen LogP contribution in [0.15, 0.2) is 23.3 Å². The molecule has 1 N–H and O–H groups in total. The summed E-state index contributed by atoms with van der Waals surface area (Å²) in [5, 5.41) is 14.2. The first-order valence-electron chi connectivity index (χ1n) is 14.8. The maximum atomic E-state index is 12.2. The van der Waals surface area contributed by atoms with Crippen LogP contribution >= 0.6 is 0 Å². The molecule has 9 nitrogen and oxygen atoms in total. The molecule has 0 heterocycles. The number of azide groups is 1. The molecule has 0 saturated heterocycles. The number of hydrogen-bond donors (Lipinski definition) is 1. The van der Waals surface area contributed by atoms with E-state index in [2.05, 4.69) is 57.7 Å². The Morgan fingerprint density at radius 1 is 1.05 bits per heavy atom. The second-order valence-electron chi connectivity index (χ2n) is 13.2. The van der Waals surface area contributed by atoms with Gasteiger partial charge in [-0.15, -0.1) is 0 Å². The average molecular weight is 594 g/mol. The van der Waals surface area contributed by atoms with Crippen molar-refractivity contribution < 1.29 is 28.5 Å². The molecule has 0 aliphatic rings. The minimum Gasteiger partial charge on any atom is -0.493 e. The number of methoxy groups -OCH3 is 2. The summed E-state index contributed by atoms with van der Waals surface area (Å²) >= 11 is 0. The van der Waals surface area contributed by atoms with Gasteiger partial charge in [0.2, 0.25) is 0 Å². The number of aliphatic carboxylic acids is 1. The Balaban J connectivity index is 3.37. The molecule has 1 aromatic rings. The number of carboxylic acid groups (broad SMARTS) is 1. The SMILES string of the molecule is COCCCOc1cc(C[C@@H](C[C@H](N=[N+]=[N-])C(C[C@H](C(=O)O)C(C)C)O[Si](C)(C)C(C)(C)C)C(C)C)ccc1OC. The van der Waals surface area contributed by atoms with Crippen LogP contribution in [0.25, 0.3) is 10.4 Å². The van der Waals surface area contributed by atoms with Crippen LogP contribution in [0.3, 0.4) is 0 Å². The summed E-state index contributed by atoms with van der Waals surface area (Å²) in [5.74, 6) is 0.290. The quantitative estimate of drug-likeness (QED) is 0.0568. The van der Waals surface area contributed by atoms with Crippen molar-refractivity contribution in [1.29, 1.82) is 0 Å². The Hall–Kier alpha value is -2.26. The molecule has 0 fully saturated rings. The normalized spacial score (nSPS) is 15.2. The first-order valence-corrected chi connectivity index (χ1v) is 17.7. The minimum absolute atomic E-state index is 0.0766. The summed E-state index contributed by atoms with van der Waals surface area (Å²) in [6.45, 7) is 20.1. The predicted octanol–water partition coefficient (Wildman–Crippen LogP) is 8.13. The van der Waals surface area contributed by atoms with Crippen molar-refractivity contribution in [2.75, 3.05) is 27.4 Å². The molecule has 0 aliphatic carbocycles. The fourth-order valence-electron chi connectivity index (χ4n) is 4.64. The molecular formula is C31H55N3O6Si. The van der Waals surface area contributed by atoms with Gasteiger partial charge >= 0.3 is 5.97 Å². The second-order valence-corrected chi connectivity index (χ2v) is 18.0. The van der Waals surface area contributed by atoms with Crippen molar-refractivity contribution in [2.45, 2.75) is 104 Å². The molecule has 1 rings (SSSR count). The zero-order valence-electron chi connectivity index (χ0n) is 27.3. The number of rotatable bonds is 19. The third-order valence-corrected chi connectivity index (χ3v) is 13.0. The zero-order chi connectivity index (χ0) is 31.4. The van der Waals surface area contributed by atoms with Gasteiger partial charge in [-0.3, -0.25) is 4.79 Å². The smallest absolute Gasteiger partial charge is 0.306 e. The van der Waals surface area contributed by atoms with Gasteiger partial charge in [0.1, 0.15) is 0 Å². The van der Waals surface area contributed by atoms with Gasteiger partial charge in [-0.2, -0.15) is 0 Å². The van der Waals surface area contributed by atoms with Crippen LogP contribution in [0.2, 0.25) is 18.1 Å². The van der Waals surface area contributed by atoms with Crippen LogP contribution in [0.1, 0.15) is 73.3 Å². The maximum Gasteiger partial charge on any atom is 0.306 e. The Labute approximate surface area is 249 Å². The first kappa shape index (κ1) is 36.8. The minimum atomic E-state index is -2.30. The summed E-state index contributed by atoms with van der Waals surface area (Å²) in [6, 6.07) is 5.49. The summed E-state index contributed by atoms with van der Waals surface area (Å²) in [5.41, 5.74) is 10.7. The largest absolute Gasteiger partial charge is 0.493 e. The van der Waals surface area contributed by atoms with E-state index >= 15 is 0 Å². The molecule has 0 spiro atoms. The topological polar surface area (TPSA) is 123 Å². The van der Waals surface area contributed by atoms with E-state index in [1.165, 1.54) is 0 Å². The lowest BCUT2D eigenvalue weighted by atomic mass is 9.81. The second kappa shape index (κ2) is 17.0. The van der Waals surface area contributed by atoms with Crippen LogP contribution in [0, 0.1) is 23.7 Å². The van der Waals surface area contributed by atoms with Gasteiger partial charge < -0.3 is 23.7 Å². The lowest BCUT2D eigenvalue weighted by Crippen LogP contribution is -2.48. The van der Waals surface area contributed by atoms with Gasteiger partial charge in [-0.1, -0.05) is 59.6 Å². The molecule has 4 atom stereocenters. The van der Waals surface area contributed by atoms with Crippen LogP contribution in [-0.4, -0.2) is 59.0 Å². The van der Waals surface area contributed by atoms with E-state index in [9.17, 15) is 15.4 Å². The average Bonchev–Trinajstić information content (AvgIpc) is 2.87.